The molecular formula is C25H27FN2O3. The van der Waals surface area contributed by atoms with Crippen molar-refractivity contribution in [2.45, 2.75) is 12.6 Å². The molecule has 162 valence electrons. The summed E-state index contributed by atoms with van der Waals surface area (Å²) in [5.74, 6) is 0.509. The standard InChI is InChI=1S/C25H27FN2O3/c1-28(2)22(19-10-7-11-21(26)14-19)16-27-25(29)20-12-13-23(24(15-20)30-3)31-17-18-8-5-4-6-9-18/h4-15,22H,16-17H2,1-3H3,(H,27,29)/t22-/m0/s1. The molecule has 0 aliphatic carbocycles. The number of ether oxygens (including phenoxy) is 2. The maximum atomic E-state index is 13.6. The van der Waals surface area contributed by atoms with Gasteiger partial charge in [0, 0.05) is 12.1 Å². The number of rotatable bonds is 9. The second-order valence-electron chi connectivity index (χ2n) is 7.38. The van der Waals surface area contributed by atoms with Gasteiger partial charge in [-0.1, -0.05) is 42.5 Å². The topological polar surface area (TPSA) is 50.8 Å². The molecule has 0 aromatic heterocycles. The van der Waals surface area contributed by atoms with E-state index in [9.17, 15) is 9.18 Å². The predicted octanol–water partition coefficient (Wildman–Crippen LogP) is 4.45. The Morgan fingerprint density at radius 1 is 1.00 bits per heavy atom. The van der Waals surface area contributed by atoms with E-state index in [-0.39, 0.29) is 17.8 Å². The monoisotopic (exact) mass is 422 g/mol. The number of carbonyl (C=O) groups is 1. The van der Waals surface area contributed by atoms with Crippen LogP contribution in [-0.2, 0) is 6.61 Å². The number of carbonyl (C=O) groups excluding carboxylic acids is 1. The molecule has 0 fully saturated rings. The lowest BCUT2D eigenvalue weighted by molar-refractivity contribution is 0.0941. The van der Waals surface area contributed by atoms with Gasteiger partial charge in [0.1, 0.15) is 12.4 Å². The predicted molar refractivity (Wildman–Crippen MR) is 119 cm³/mol. The highest BCUT2D eigenvalue weighted by molar-refractivity contribution is 5.94. The third-order valence-electron chi connectivity index (χ3n) is 4.98. The first-order chi connectivity index (χ1) is 15.0. The van der Waals surface area contributed by atoms with Crippen LogP contribution in [0.5, 0.6) is 11.5 Å². The van der Waals surface area contributed by atoms with E-state index in [1.165, 1.54) is 12.1 Å². The Morgan fingerprint density at radius 3 is 2.45 bits per heavy atom. The van der Waals surface area contributed by atoms with Crippen LogP contribution in [-0.4, -0.2) is 38.6 Å². The normalized spacial score (nSPS) is 11.8. The van der Waals surface area contributed by atoms with E-state index in [2.05, 4.69) is 5.32 Å². The molecule has 1 amide bonds. The number of benzene rings is 3. The van der Waals surface area contributed by atoms with Crippen molar-refractivity contribution in [3.63, 3.8) is 0 Å². The van der Waals surface area contributed by atoms with E-state index in [4.69, 9.17) is 9.47 Å². The summed E-state index contributed by atoms with van der Waals surface area (Å²) < 4.78 is 24.9. The molecule has 3 aromatic carbocycles. The van der Waals surface area contributed by atoms with E-state index in [1.807, 2.05) is 55.4 Å². The van der Waals surface area contributed by atoms with E-state index < -0.39 is 0 Å². The van der Waals surface area contributed by atoms with Crippen LogP contribution >= 0.6 is 0 Å². The maximum absolute atomic E-state index is 13.6. The van der Waals surface area contributed by atoms with Crippen LogP contribution < -0.4 is 14.8 Å². The summed E-state index contributed by atoms with van der Waals surface area (Å²) in [5, 5.41) is 2.93. The Labute approximate surface area is 182 Å². The molecule has 6 heteroatoms. The lowest BCUT2D eigenvalue weighted by Crippen LogP contribution is -2.34. The molecule has 0 heterocycles. The molecule has 0 radical (unpaired) electrons. The SMILES string of the molecule is COc1cc(C(=O)NC[C@@H](c2cccc(F)c2)N(C)C)ccc1OCc1ccccc1. The van der Waals surface area contributed by atoms with Gasteiger partial charge >= 0.3 is 0 Å². The maximum Gasteiger partial charge on any atom is 0.251 e. The first-order valence-electron chi connectivity index (χ1n) is 10.0. The summed E-state index contributed by atoms with van der Waals surface area (Å²) >= 11 is 0. The Hall–Kier alpha value is -3.38. The molecule has 5 nitrogen and oxygen atoms in total. The molecule has 31 heavy (non-hydrogen) atoms. The molecule has 1 atom stereocenters. The molecule has 0 bridgehead atoms. The third kappa shape index (κ3) is 6.06. The van der Waals surface area contributed by atoms with Gasteiger partial charge in [-0.3, -0.25) is 4.79 Å². The molecule has 3 aromatic rings. The quantitative estimate of drug-likeness (QED) is 0.554. The fourth-order valence-corrected chi connectivity index (χ4v) is 3.27. The highest BCUT2D eigenvalue weighted by Crippen LogP contribution is 2.29. The van der Waals surface area contributed by atoms with Crippen LogP contribution in [0.3, 0.4) is 0 Å². The number of halogens is 1. The smallest absolute Gasteiger partial charge is 0.251 e. The number of hydrogen-bond acceptors (Lipinski definition) is 4. The summed E-state index contributed by atoms with van der Waals surface area (Å²) in [6.45, 7) is 0.741. The first-order valence-corrected chi connectivity index (χ1v) is 10.0. The number of likely N-dealkylation sites (N-methyl/N-ethyl adjacent to an activating group) is 1. The van der Waals surface area contributed by atoms with Crippen molar-refractivity contribution in [1.82, 2.24) is 10.2 Å². The average Bonchev–Trinajstić information content (AvgIpc) is 2.78. The zero-order valence-corrected chi connectivity index (χ0v) is 18.0. The molecule has 0 aliphatic heterocycles. The number of nitrogens with one attached hydrogen (secondary N) is 1. The van der Waals surface area contributed by atoms with Gasteiger partial charge in [-0.15, -0.1) is 0 Å². The summed E-state index contributed by atoms with van der Waals surface area (Å²) in [7, 11) is 5.33. The zero-order valence-electron chi connectivity index (χ0n) is 18.0. The Balaban J connectivity index is 1.66. The van der Waals surface area contributed by atoms with Gasteiger partial charge in [-0.05, 0) is 55.6 Å². The van der Waals surface area contributed by atoms with Crippen LogP contribution in [0.15, 0.2) is 72.8 Å². The molecule has 1 N–H and O–H groups in total. The van der Waals surface area contributed by atoms with Gasteiger partial charge in [0.15, 0.2) is 11.5 Å². The summed E-state index contributed by atoms with van der Waals surface area (Å²) in [5.41, 5.74) is 2.30. The van der Waals surface area contributed by atoms with Gasteiger partial charge in [0.05, 0.1) is 13.2 Å². The second-order valence-corrected chi connectivity index (χ2v) is 7.38. The van der Waals surface area contributed by atoms with E-state index >= 15 is 0 Å². The first kappa shape index (κ1) is 22.3. The number of amides is 1. The van der Waals surface area contributed by atoms with Crippen LogP contribution in [0.1, 0.15) is 27.5 Å². The minimum absolute atomic E-state index is 0.157. The van der Waals surface area contributed by atoms with Crippen LogP contribution in [0.4, 0.5) is 4.39 Å². The summed E-state index contributed by atoms with van der Waals surface area (Å²) in [4.78, 5) is 14.7. The molecule has 3 rings (SSSR count). The lowest BCUT2D eigenvalue weighted by Gasteiger charge is -2.25. The molecule has 0 unspecified atom stereocenters. The van der Waals surface area contributed by atoms with Crippen LogP contribution in [0, 0.1) is 5.82 Å². The highest BCUT2D eigenvalue weighted by atomic mass is 19.1. The summed E-state index contributed by atoms with van der Waals surface area (Å²) in [6, 6.07) is 21.2. The van der Waals surface area contributed by atoms with Crippen LogP contribution in [0.25, 0.3) is 0 Å². The van der Waals surface area contributed by atoms with Crippen molar-refractivity contribution in [3.8, 4) is 11.5 Å². The molecule has 0 saturated carbocycles. The highest BCUT2D eigenvalue weighted by Gasteiger charge is 2.17. The van der Waals surface area contributed by atoms with Gasteiger partial charge in [-0.25, -0.2) is 4.39 Å². The van der Waals surface area contributed by atoms with E-state index in [0.717, 1.165) is 11.1 Å². The number of methoxy groups -OCH3 is 1. The zero-order chi connectivity index (χ0) is 22.2. The minimum atomic E-state index is -0.300. The molecular weight excluding hydrogens is 395 g/mol. The van der Waals surface area contributed by atoms with Crippen molar-refractivity contribution in [3.05, 3.63) is 95.3 Å². The van der Waals surface area contributed by atoms with Crippen molar-refractivity contribution in [1.29, 1.82) is 0 Å². The minimum Gasteiger partial charge on any atom is -0.493 e. The van der Waals surface area contributed by atoms with E-state index in [0.29, 0.717) is 30.2 Å². The Kier molecular flexibility index (Phi) is 7.62. The second kappa shape index (κ2) is 10.6. The van der Waals surface area contributed by atoms with Gasteiger partial charge in [0.2, 0.25) is 0 Å². The third-order valence-corrected chi connectivity index (χ3v) is 4.98. The average molecular weight is 423 g/mol. The van der Waals surface area contributed by atoms with Crippen molar-refractivity contribution in [2.24, 2.45) is 0 Å². The van der Waals surface area contributed by atoms with Gasteiger partial charge in [0.25, 0.3) is 5.91 Å². The van der Waals surface area contributed by atoms with Crippen molar-refractivity contribution < 1.29 is 18.7 Å². The number of nitrogens with zero attached hydrogens (tertiary/aromatic N) is 1. The van der Waals surface area contributed by atoms with Gasteiger partial charge in [-0.2, -0.15) is 0 Å². The van der Waals surface area contributed by atoms with Crippen molar-refractivity contribution >= 4 is 5.91 Å². The van der Waals surface area contributed by atoms with Crippen molar-refractivity contribution in [2.75, 3.05) is 27.7 Å². The molecule has 0 aliphatic rings. The van der Waals surface area contributed by atoms with E-state index in [1.54, 1.807) is 31.4 Å². The fraction of sp³-hybridized carbons (Fsp3) is 0.240. The lowest BCUT2D eigenvalue weighted by atomic mass is 10.1. The molecule has 0 saturated heterocycles. The largest absolute Gasteiger partial charge is 0.493 e. The number of hydrogen-bond donors (Lipinski definition) is 1. The van der Waals surface area contributed by atoms with Crippen LogP contribution in [0.2, 0.25) is 0 Å². The fourth-order valence-electron chi connectivity index (χ4n) is 3.27. The Morgan fingerprint density at radius 2 is 1.77 bits per heavy atom. The Bertz CT molecular complexity index is 1010. The molecule has 0 spiro atoms. The summed E-state index contributed by atoms with van der Waals surface area (Å²) in [6.07, 6.45) is 0. The van der Waals surface area contributed by atoms with Gasteiger partial charge < -0.3 is 19.7 Å².